The molecule has 5 aromatic rings. The van der Waals surface area contributed by atoms with Gasteiger partial charge in [-0.15, -0.1) is 0 Å². The van der Waals surface area contributed by atoms with Gasteiger partial charge in [-0.05, 0) is 113 Å². The Morgan fingerprint density at radius 1 is 0.653 bits per heavy atom. The third-order valence-corrected chi connectivity index (χ3v) is 12.8. The number of fused-ring (bicyclic) bond motifs is 6. The zero-order chi connectivity index (χ0) is 34.0. The second kappa shape index (κ2) is 11.3. The van der Waals surface area contributed by atoms with Crippen LogP contribution in [-0.4, -0.2) is 5.54 Å². The summed E-state index contributed by atoms with van der Waals surface area (Å²) in [7, 11) is 0. The van der Waals surface area contributed by atoms with Gasteiger partial charge in [-0.25, -0.2) is 0 Å². The van der Waals surface area contributed by atoms with E-state index < -0.39 is 5.41 Å². The minimum atomic E-state index is -0.500. The molecule has 0 saturated heterocycles. The van der Waals surface area contributed by atoms with Crippen molar-refractivity contribution in [3.05, 3.63) is 180 Å². The number of rotatable bonds is 6. The summed E-state index contributed by atoms with van der Waals surface area (Å²) >= 11 is 0. The molecule has 1 fully saturated rings. The zero-order valence-corrected chi connectivity index (χ0v) is 29.6. The number of nitrogens with zero attached hydrogens (tertiary/aromatic N) is 1. The van der Waals surface area contributed by atoms with Crippen LogP contribution in [0.1, 0.15) is 76.1 Å². The highest BCUT2D eigenvalue weighted by atomic mass is 15.3. The molecule has 0 N–H and O–H groups in total. The van der Waals surface area contributed by atoms with Crippen LogP contribution in [0.5, 0.6) is 0 Å². The maximum atomic E-state index is 4.79. The number of para-hydroxylation sites is 1. The smallest absolute Gasteiger partial charge is 0.0708 e. The number of hydrogen-bond donors (Lipinski definition) is 0. The van der Waals surface area contributed by atoms with Gasteiger partial charge in [0.25, 0.3) is 0 Å². The predicted octanol–water partition coefficient (Wildman–Crippen LogP) is 12.7. The molecule has 3 aliphatic rings. The Morgan fingerprint density at radius 2 is 1.29 bits per heavy atom. The van der Waals surface area contributed by atoms with Gasteiger partial charge in [-0.1, -0.05) is 149 Å². The van der Waals surface area contributed by atoms with Crippen LogP contribution in [0.15, 0.2) is 158 Å². The fourth-order valence-corrected chi connectivity index (χ4v) is 10.0. The molecular formula is C48H47N. The first kappa shape index (κ1) is 31.4. The van der Waals surface area contributed by atoms with Crippen molar-refractivity contribution in [3.63, 3.8) is 0 Å². The van der Waals surface area contributed by atoms with Crippen LogP contribution in [0.4, 0.5) is 11.4 Å². The van der Waals surface area contributed by atoms with Gasteiger partial charge < -0.3 is 4.90 Å². The molecule has 49 heavy (non-hydrogen) atoms. The SMILES string of the molecule is C=C(/C=C\C=C/C)C1(c2ccccc2)c2ccccc2-c2ccc(-c3ccc4c(c3)C3(C)CCCC(C)(C)C3(C)N4c3ccccc3)cc21. The predicted molar refractivity (Wildman–Crippen MR) is 209 cm³/mol. The normalized spacial score (nSPS) is 24.9. The molecule has 1 heteroatoms. The Labute approximate surface area is 293 Å². The summed E-state index contributed by atoms with van der Waals surface area (Å²) in [4.78, 5) is 2.69. The minimum absolute atomic E-state index is 0.00255. The van der Waals surface area contributed by atoms with Crippen molar-refractivity contribution in [2.45, 2.75) is 70.3 Å². The number of hydrogen-bond acceptors (Lipinski definition) is 1. The van der Waals surface area contributed by atoms with Crippen LogP contribution in [0, 0.1) is 5.41 Å². The third-order valence-electron chi connectivity index (χ3n) is 12.8. The zero-order valence-electron chi connectivity index (χ0n) is 29.6. The summed E-state index contributed by atoms with van der Waals surface area (Å²) in [5.41, 5.74) is 13.7. The average molecular weight is 638 g/mol. The van der Waals surface area contributed by atoms with E-state index in [1.807, 2.05) is 0 Å². The van der Waals surface area contributed by atoms with Crippen LogP contribution in [0.2, 0.25) is 0 Å². The van der Waals surface area contributed by atoms with E-state index in [4.69, 9.17) is 6.58 Å². The lowest BCUT2D eigenvalue weighted by Gasteiger charge is -2.59. The van der Waals surface area contributed by atoms with Gasteiger partial charge >= 0.3 is 0 Å². The van der Waals surface area contributed by atoms with Gasteiger partial charge in [-0.3, -0.25) is 0 Å². The topological polar surface area (TPSA) is 3.24 Å². The molecule has 1 heterocycles. The molecule has 1 aliphatic heterocycles. The molecule has 0 aromatic heterocycles. The molecule has 0 radical (unpaired) electrons. The lowest BCUT2D eigenvalue weighted by atomic mass is 9.51. The quantitative estimate of drug-likeness (QED) is 0.167. The van der Waals surface area contributed by atoms with Gasteiger partial charge in [0.1, 0.15) is 0 Å². The molecule has 5 aromatic carbocycles. The Hall–Kier alpha value is -4.88. The van der Waals surface area contributed by atoms with Gasteiger partial charge in [0.05, 0.1) is 11.0 Å². The van der Waals surface area contributed by atoms with Crippen molar-refractivity contribution in [1.82, 2.24) is 0 Å². The van der Waals surface area contributed by atoms with Crippen molar-refractivity contribution in [2.24, 2.45) is 5.41 Å². The Kier molecular flexibility index (Phi) is 7.27. The van der Waals surface area contributed by atoms with E-state index in [0.29, 0.717) is 0 Å². The van der Waals surface area contributed by atoms with Gasteiger partial charge in [0.2, 0.25) is 0 Å². The molecule has 3 unspecified atom stereocenters. The Balaban J connectivity index is 1.34. The van der Waals surface area contributed by atoms with E-state index >= 15 is 0 Å². The Bertz CT molecular complexity index is 2130. The molecule has 1 nitrogen and oxygen atoms in total. The molecule has 2 aliphatic carbocycles. The summed E-state index contributed by atoms with van der Waals surface area (Å²) < 4.78 is 0. The fourth-order valence-electron chi connectivity index (χ4n) is 10.0. The first-order valence-electron chi connectivity index (χ1n) is 18.0. The molecule has 8 rings (SSSR count). The van der Waals surface area contributed by atoms with E-state index in [-0.39, 0.29) is 16.4 Å². The summed E-state index contributed by atoms with van der Waals surface area (Å²) in [6, 6.07) is 45.4. The van der Waals surface area contributed by atoms with Gasteiger partial charge in [0.15, 0.2) is 0 Å². The van der Waals surface area contributed by atoms with Crippen molar-refractivity contribution >= 4 is 11.4 Å². The molecule has 3 atom stereocenters. The maximum Gasteiger partial charge on any atom is 0.0708 e. The fraction of sp³-hybridized carbons (Fsp3) is 0.250. The van der Waals surface area contributed by atoms with E-state index in [2.05, 4.69) is 185 Å². The molecule has 0 amide bonds. The van der Waals surface area contributed by atoms with Crippen molar-refractivity contribution in [3.8, 4) is 22.3 Å². The highest BCUT2D eigenvalue weighted by Crippen LogP contribution is 2.66. The van der Waals surface area contributed by atoms with Crippen LogP contribution in [-0.2, 0) is 10.8 Å². The lowest BCUT2D eigenvalue weighted by molar-refractivity contribution is 0.0484. The number of benzene rings is 5. The number of anilines is 2. The van der Waals surface area contributed by atoms with Crippen molar-refractivity contribution < 1.29 is 0 Å². The molecule has 244 valence electrons. The summed E-state index contributed by atoms with van der Waals surface area (Å²) in [6.45, 7) is 16.9. The van der Waals surface area contributed by atoms with Gasteiger partial charge in [0, 0.05) is 16.8 Å². The van der Waals surface area contributed by atoms with Crippen LogP contribution < -0.4 is 4.90 Å². The number of allylic oxidation sites excluding steroid dienone is 5. The molecular weight excluding hydrogens is 591 g/mol. The molecule has 1 saturated carbocycles. The minimum Gasteiger partial charge on any atom is -0.334 e. The lowest BCUT2D eigenvalue weighted by Crippen LogP contribution is -2.64. The van der Waals surface area contributed by atoms with E-state index in [0.717, 1.165) is 5.57 Å². The van der Waals surface area contributed by atoms with Gasteiger partial charge in [-0.2, -0.15) is 0 Å². The maximum absolute atomic E-state index is 4.79. The molecule has 0 bridgehead atoms. The van der Waals surface area contributed by atoms with Crippen molar-refractivity contribution in [1.29, 1.82) is 0 Å². The van der Waals surface area contributed by atoms with E-state index in [1.54, 1.807) is 0 Å². The van der Waals surface area contributed by atoms with E-state index in [1.165, 1.54) is 75.1 Å². The molecule has 0 spiro atoms. The van der Waals surface area contributed by atoms with Crippen LogP contribution >= 0.6 is 0 Å². The summed E-state index contributed by atoms with van der Waals surface area (Å²) in [5.74, 6) is 0. The standard InChI is InChI=1S/C48H47N/c1-7-8-11-19-34(2)48(37-20-12-9-13-21-37)41-25-17-16-24-39(41)40-28-26-35(32-42(40)48)36-27-29-44-43(33-36)46(5)31-18-30-45(3,4)47(46,6)49(44)38-22-14-10-15-23-38/h7-17,19-29,32-33H,2,18,30-31H2,1,3-6H3/b8-7-,19-11-. The first-order chi connectivity index (χ1) is 23.7. The van der Waals surface area contributed by atoms with Crippen molar-refractivity contribution in [2.75, 3.05) is 4.90 Å². The first-order valence-corrected chi connectivity index (χ1v) is 18.0. The Morgan fingerprint density at radius 3 is 2.02 bits per heavy atom. The largest absolute Gasteiger partial charge is 0.334 e. The highest BCUT2D eigenvalue weighted by molar-refractivity contribution is 5.89. The summed E-state index contributed by atoms with van der Waals surface area (Å²) in [5, 5.41) is 0. The highest BCUT2D eigenvalue weighted by Gasteiger charge is 2.64. The average Bonchev–Trinajstić information content (AvgIpc) is 3.53. The van der Waals surface area contributed by atoms with Crippen LogP contribution in [0.25, 0.3) is 22.3 Å². The second-order valence-electron chi connectivity index (χ2n) is 15.4. The second-order valence-corrected chi connectivity index (χ2v) is 15.4. The van der Waals surface area contributed by atoms with E-state index in [9.17, 15) is 0 Å². The van der Waals surface area contributed by atoms with Crippen LogP contribution in [0.3, 0.4) is 0 Å². The summed E-state index contributed by atoms with van der Waals surface area (Å²) in [6.07, 6.45) is 12.1. The monoisotopic (exact) mass is 637 g/mol. The third kappa shape index (κ3) is 4.24.